The van der Waals surface area contributed by atoms with Gasteiger partial charge in [-0.3, -0.25) is 9.09 Å². The summed E-state index contributed by atoms with van der Waals surface area (Å²) in [6.07, 6.45) is 2.67. The van der Waals surface area contributed by atoms with Gasteiger partial charge >= 0.3 is 5.76 Å². The number of aliphatic hydroxyl groups is 1. The van der Waals surface area contributed by atoms with Gasteiger partial charge in [-0.2, -0.15) is 0 Å². The quantitative estimate of drug-likeness (QED) is 0.723. The van der Waals surface area contributed by atoms with Crippen LogP contribution in [0.25, 0.3) is 12.2 Å². The molecule has 0 saturated heterocycles. The zero-order valence-corrected chi connectivity index (χ0v) is 16.4. The topological polar surface area (TPSA) is 98.8 Å². The van der Waals surface area contributed by atoms with Crippen LogP contribution in [-0.2, 0) is 6.54 Å². The van der Waals surface area contributed by atoms with Gasteiger partial charge in [-0.05, 0) is 44.5 Å². The van der Waals surface area contributed by atoms with E-state index in [4.69, 9.17) is 14.0 Å². The highest BCUT2D eigenvalue weighted by atomic mass is 16.5. The van der Waals surface area contributed by atoms with E-state index in [1.54, 1.807) is 38.5 Å². The molecule has 1 heterocycles. The Hall–Kier alpha value is -2.58. The molecule has 0 aliphatic rings. The zero-order chi connectivity index (χ0) is 20.0. The second kappa shape index (κ2) is 8.88. The molecule has 2 aromatic rings. The number of hydrogen-bond donors (Lipinski definition) is 2. The smallest absolute Gasteiger partial charge is 0.441 e. The number of β-amino-alcohol motifs (C(OH)–C–C–N with tert-alkyl or cyclic N) is 1. The molecular weight excluding hydrogens is 350 g/mol. The molecule has 0 aliphatic carbocycles. The van der Waals surface area contributed by atoms with Crippen molar-refractivity contribution >= 4 is 12.2 Å². The number of benzene rings is 1. The van der Waals surface area contributed by atoms with Crippen LogP contribution in [0.15, 0.2) is 27.5 Å². The van der Waals surface area contributed by atoms with Crippen molar-refractivity contribution in [3.63, 3.8) is 0 Å². The van der Waals surface area contributed by atoms with Crippen LogP contribution in [0.1, 0.15) is 32.2 Å². The summed E-state index contributed by atoms with van der Waals surface area (Å²) >= 11 is 0. The fourth-order valence-corrected chi connectivity index (χ4v) is 2.39. The largest absolute Gasteiger partial charge is 0.493 e. The van der Waals surface area contributed by atoms with Gasteiger partial charge in [0.2, 0.25) is 0 Å². The Morgan fingerprint density at radius 3 is 2.59 bits per heavy atom. The van der Waals surface area contributed by atoms with Crippen LogP contribution in [0.4, 0.5) is 0 Å². The SMILES string of the molecule is COc1ccc(C=Cc2noc(=O)n2CC(O)CNC(C)(C)C)cc1OC. The minimum absolute atomic E-state index is 0.0804. The highest BCUT2D eigenvalue weighted by molar-refractivity contribution is 5.68. The molecule has 8 heteroatoms. The van der Waals surface area contributed by atoms with Crippen molar-refractivity contribution in [2.75, 3.05) is 20.8 Å². The van der Waals surface area contributed by atoms with Crippen molar-refractivity contribution < 1.29 is 19.1 Å². The van der Waals surface area contributed by atoms with Gasteiger partial charge in [0.25, 0.3) is 0 Å². The Morgan fingerprint density at radius 2 is 1.96 bits per heavy atom. The van der Waals surface area contributed by atoms with E-state index in [0.29, 0.717) is 23.9 Å². The van der Waals surface area contributed by atoms with E-state index in [9.17, 15) is 9.90 Å². The molecule has 1 aromatic carbocycles. The number of aliphatic hydroxyl groups excluding tert-OH is 1. The van der Waals surface area contributed by atoms with Crippen molar-refractivity contribution in [2.24, 2.45) is 0 Å². The standard InChI is InChI=1S/C19H27N3O5/c1-19(2,3)20-11-14(23)12-22-17(21-27-18(22)24)9-7-13-6-8-15(25-4)16(10-13)26-5/h6-10,14,20,23H,11-12H2,1-5H3. The van der Waals surface area contributed by atoms with Gasteiger partial charge in [0.15, 0.2) is 17.3 Å². The third-order valence-electron chi connectivity index (χ3n) is 3.81. The maximum atomic E-state index is 11.9. The van der Waals surface area contributed by atoms with E-state index in [0.717, 1.165) is 5.56 Å². The molecule has 0 bridgehead atoms. The lowest BCUT2D eigenvalue weighted by molar-refractivity contribution is 0.139. The van der Waals surface area contributed by atoms with Crippen LogP contribution >= 0.6 is 0 Å². The highest BCUT2D eigenvalue weighted by Crippen LogP contribution is 2.28. The molecule has 148 valence electrons. The van der Waals surface area contributed by atoms with Crippen LogP contribution in [0.5, 0.6) is 11.5 Å². The summed E-state index contributed by atoms with van der Waals surface area (Å²) in [5, 5.41) is 17.2. The first-order valence-electron chi connectivity index (χ1n) is 8.63. The first-order chi connectivity index (χ1) is 12.7. The van der Waals surface area contributed by atoms with Crippen molar-refractivity contribution in [3.8, 4) is 11.5 Å². The molecule has 27 heavy (non-hydrogen) atoms. The van der Waals surface area contributed by atoms with Gasteiger partial charge < -0.3 is 19.9 Å². The van der Waals surface area contributed by atoms with Gasteiger partial charge in [-0.1, -0.05) is 17.3 Å². The number of methoxy groups -OCH3 is 2. The van der Waals surface area contributed by atoms with E-state index in [2.05, 4.69) is 10.5 Å². The summed E-state index contributed by atoms with van der Waals surface area (Å²) in [6, 6.07) is 5.44. The molecule has 0 saturated carbocycles. The average molecular weight is 377 g/mol. The number of ether oxygens (including phenoxy) is 2. The average Bonchev–Trinajstić information content (AvgIpc) is 2.97. The lowest BCUT2D eigenvalue weighted by Crippen LogP contribution is -2.42. The lowest BCUT2D eigenvalue weighted by atomic mass is 10.1. The summed E-state index contributed by atoms with van der Waals surface area (Å²) in [5.41, 5.74) is 0.709. The van der Waals surface area contributed by atoms with Crippen molar-refractivity contribution in [1.29, 1.82) is 0 Å². The van der Waals surface area contributed by atoms with Crippen molar-refractivity contribution in [1.82, 2.24) is 15.0 Å². The van der Waals surface area contributed by atoms with Crippen LogP contribution in [0.2, 0.25) is 0 Å². The van der Waals surface area contributed by atoms with E-state index in [1.165, 1.54) is 4.57 Å². The molecule has 2 rings (SSSR count). The van der Waals surface area contributed by atoms with Crippen molar-refractivity contribution in [2.45, 2.75) is 39.0 Å². The van der Waals surface area contributed by atoms with Gasteiger partial charge in [0.05, 0.1) is 26.9 Å². The Morgan fingerprint density at radius 1 is 1.26 bits per heavy atom. The minimum atomic E-state index is -0.755. The Labute approximate surface area is 158 Å². The van der Waals surface area contributed by atoms with E-state index in [1.807, 2.05) is 26.8 Å². The zero-order valence-electron chi connectivity index (χ0n) is 16.4. The second-order valence-electron chi connectivity index (χ2n) is 7.15. The van der Waals surface area contributed by atoms with Crippen LogP contribution in [0, 0.1) is 0 Å². The van der Waals surface area contributed by atoms with Gasteiger partial charge in [-0.15, -0.1) is 0 Å². The predicted molar refractivity (Wildman–Crippen MR) is 103 cm³/mol. The second-order valence-corrected chi connectivity index (χ2v) is 7.15. The molecule has 1 unspecified atom stereocenters. The molecule has 8 nitrogen and oxygen atoms in total. The third kappa shape index (κ3) is 5.97. The van der Waals surface area contributed by atoms with Gasteiger partial charge in [-0.25, -0.2) is 4.79 Å². The molecule has 0 radical (unpaired) electrons. The fraction of sp³-hybridized carbons (Fsp3) is 0.474. The normalized spacial score (nSPS) is 13.1. The maximum Gasteiger partial charge on any atom is 0.441 e. The number of nitrogens with zero attached hydrogens (tertiary/aromatic N) is 2. The van der Waals surface area contributed by atoms with Gasteiger partial charge in [0.1, 0.15) is 0 Å². The Balaban J connectivity index is 2.14. The van der Waals surface area contributed by atoms with E-state index < -0.39 is 11.9 Å². The van der Waals surface area contributed by atoms with E-state index in [-0.39, 0.29) is 12.1 Å². The first-order valence-corrected chi connectivity index (χ1v) is 8.63. The Bertz CT molecular complexity index is 833. The summed E-state index contributed by atoms with van der Waals surface area (Å²) in [6.45, 7) is 6.44. The molecule has 1 atom stereocenters. The fourth-order valence-electron chi connectivity index (χ4n) is 2.39. The molecular formula is C19H27N3O5. The molecule has 0 aliphatic heterocycles. The molecule has 0 amide bonds. The summed E-state index contributed by atoms with van der Waals surface area (Å²) < 4.78 is 16.5. The lowest BCUT2D eigenvalue weighted by Gasteiger charge is -2.22. The molecule has 0 fully saturated rings. The molecule has 2 N–H and O–H groups in total. The summed E-state index contributed by atoms with van der Waals surface area (Å²) in [4.78, 5) is 11.9. The predicted octanol–water partition coefficient (Wildman–Crippen LogP) is 1.77. The number of hydrogen-bond acceptors (Lipinski definition) is 7. The number of nitrogens with one attached hydrogen (secondary N) is 1. The first kappa shape index (κ1) is 20.7. The molecule has 0 spiro atoms. The summed E-state index contributed by atoms with van der Waals surface area (Å²) in [7, 11) is 3.13. The monoisotopic (exact) mass is 377 g/mol. The maximum absolute atomic E-state index is 11.9. The highest BCUT2D eigenvalue weighted by Gasteiger charge is 2.16. The number of rotatable bonds is 8. The van der Waals surface area contributed by atoms with E-state index >= 15 is 0 Å². The Kier molecular flexibility index (Phi) is 6.81. The van der Waals surface area contributed by atoms with Crippen molar-refractivity contribution in [3.05, 3.63) is 40.1 Å². The van der Waals surface area contributed by atoms with Gasteiger partial charge in [0, 0.05) is 12.1 Å². The van der Waals surface area contributed by atoms with Crippen LogP contribution in [0.3, 0.4) is 0 Å². The molecule has 1 aromatic heterocycles. The number of aromatic nitrogens is 2. The summed E-state index contributed by atoms with van der Waals surface area (Å²) in [5.74, 6) is 0.935. The van der Waals surface area contributed by atoms with Crippen LogP contribution < -0.4 is 20.5 Å². The minimum Gasteiger partial charge on any atom is -0.493 e. The third-order valence-corrected chi connectivity index (χ3v) is 3.81. The van der Waals surface area contributed by atoms with Crippen LogP contribution in [-0.4, -0.2) is 47.2 Å².